The van der Waals surface area contributed by atoms with Crippen molar-refractivity contribution in [2.75, 3.05) is 6.54 Å². The van der Waals surface area contributed by atoms with Gasteiger partial charge in [-0.1, -0.05) is 11.2 Å². The molecule has 2 aromatic heterocycles. The van der Waals surface area contributed by atoms with Crippen molar-refractivity contribution in [3.05, 3.63) is 29.3 Å². The third-order valence-corrected chi connectivity index (χ3v) is 4.10. The quantitative estimate of drug-likeness (QED) is 0.885. The van der Waals surface area contributed by atoms with E-state index < -0.39 is 5.97 Å². The molecule has 0 aliphatic carbocycles. The summed E-state index contributed by atoms with van der Waals surface area (Å²) >= 11 is 1.60. The van der Waals surface area contributed by atoms with E-state index in [0.717, 1.165) is 16.3 Å². The van der Waals surface area contributed by atoms with Gasteiger partial charge in [-0.25, -0.2) is 0 Å². The molecule has 5 nitrogen and oxygen atoms in total. The number of carbonyl (C=O) groups is 1. The van der Waals surface area contributed by atoms with Gasteiger partial charge in [0, 0.05) is 24.7 Å². The molecule has 2 aromatic rings. The topological polar surface area (TPSA) is 66.6 Å². The normalized spacial score (nSPS) is 12.0. The molecular formula is C15H20N2O3S. The lowest BCUT2D eigenvalue weighted by atomic mass is 10.1. The Hall–Kier alpha value is -1.66. The lowest BCUT2D eigenvalue weighted by Crippen LogP contribution is -2.42. The van der Waals surface area contributed by atoms with E-state index in [1.54, 1.807) is 11.3 Å². The molecule has 0 amide bonds. The third-order valence-electron chi connectivity index (χ3n) is 3.22. The minimum Gasteiger partial charge on any atom is -0.481 e. The van der Waals surface area contributed by atoms with Crippen LogP contribution in [0.3, 0.4) is 0 Å². The molecule has 0 saturated heterocycles. The van der Waals surface area contributed by atoms with Crippen molar-refractivity contribution in [3.63, 3.8) is 0 Å². The molecule has 2 rings (SSSR count). The summed E-state index contributed by atoms with van der Waals surface area (Å²) in [6.07, 6.45) is 0.118. The van der Waals surface area contributed by atoms with Crippen molar-refractivity contribution in [2.24, 2.45) is 0 Å². The van der Waals surface area contributed by atoms with Gasteiger partial charge in [0.15, 0.2) is 5.76 Å². The van der Waals surface area contributed by atoms with Crippen LogP contribution < -0.4 is 0 Å². The van der Waals surface area contributed by atoms with E-state index in [9.17, 15) is 4.79 Å². The maximum atomic E-state index is 10.8. The lowest BCUT2D eigenvalue weighted by Gasteiger charge is -2.34. The van der Waals surface area contributed by atoms with Gasteiger partial charge in [-0.3, -0.25) is 9.69 Å². The Kier molecular flexibility index (Phi) is 4.80. The van der Waals surface area contributed by atoms with E-state index in [1.165, 1.54) is 0 Å². The average molecular weight is 308 g/mol. The van der Waals surface area contributed by atoms with Crippen LogP contribution >= 0.6 is 11.3 Å². The molecule has 0 radical (unpaired) electrons. The van der Waals surface area contributed by atoms with Crippen LogP contribution in [0.4, 0.5) is 0 Å². The van der Waals surface area contributed by atoms with E-state index in [2.05, 4.69) is 30.8 Å². The second-order valence-corrected chi connectivity index (χ2v) is 6.84. The number of hydrogen-bond acceptors (Lipinski definition) is 5. The molecule has 1 N–H and O–H groups in total. The predicted octanol–water partition coefficient (Wildman–Crippen LogP) is 3.48. The van der Waals surface area contributed by atoms with Crippen LogP contribution in [0.5, 0.6) is 0 Å². The highest BCUT2D eigenvalue weighted by molar-refractivity contribution is 7.13. The Morgan fingerprint density at radius 2 is 2.24 bits per heavy atom. The Bertz CT molecular complexity index is 584. The second kappa shape index (κ2) is 6.41. The first-order chi connectivity index (χ1) is 9.86. The number of carboxylic acid groups (broad SMARTS) is 1. The molecule has 0 unspecified atom stereocenters. The molecule has 21 heavy (non-hydrogen) atoms. The van der Waals surface area contributed by atoms with Crippen LogP contribution in [0.2, 0.25) is 0 Å². The first-order valence-corrected chi connectivity index (χ1v) is 7.70. The SMILES string of the molecule is CC(C)(C)N(CCC(=O)O)Cc1cc(-c2cccs2)on1. The Morgan fingerprint density at radius 1 is 1.48 bits per heavy atom. The summed E-state index contributed by atoms with van der Waals surface area (Å²) in [7, 11) is 0. The highest BCUT2D eigenvalue weighted by Crippen LogP contribution is 2.26. The van der Waals surface area contributed by atoms with Crippen molar-refractivity contribution in [2.45, 2.75) is 39.3 Å². The molecule has 0 aromatic carbocycles. The molecule has 0 bridgehead atoms. The minimum absolute atomic E-state index is 0.118. The number of carboxylic acids is 1. The van der Waals surface area contributed by atoms with E-state index >= 15 is 0 Å². The number of nitrogens with zero attached hydrogens (tertiary/aromatic N) is 2. The number of thiophene rings is 1. The maximum absolute atomic E-state index is 10.8. The zero-order valence-corrected chi connectivity index (χ0v) is 13.3. The summed E-state index contributed by atoms with van der Waals surface area (Å²) < 4.78 is 5.37. The van der Waals surface area contributed by atoms with Crippen LogP contribution in [0, 0.1) is 0 Å². The van der Waals surface area contributed by atoms with E-state index in [4.69, 9.17) is 9.63 Å². The van der Waals surface area contributed by atoms with Gasteiger partial charge in [0.25, 0.3) is 0 Å². The van der Waals surface area contributed by atoms with Gasteiger partial charge >= 0.3 is 5.97 Å². The van der Waals surface area contributed by atoms with Crippen molar-refractivity contribution >= 4 is 17.3 Å². The number of hydrogen-bond donors (Lipinski definition) is 1. The predicted molar refractivity (Wildman–Crippen MR) is 82.2 cm³/mol. The number of aromatic nitrogens is 1. The molecule has 0 fully saturated rings. The molecule has 0 saturated carbocycles. The summed E-state index contributed by atoms with van der Waals surface area (Å²) in [5, 5.41) is 15.0. The van der Waals surface area contributed by atoms with Gasteiger partial charge < -0.3 is 9.63 Å². The Morgan fingerprint density at radius 3 is 2.81 bits per heavy atom. The van der Waals surface area contributed by atoms with Crippen molar-refractivity contribution in [3.8, 4) is 10.6 Å². The van der Waals surface area contributed by atoms with Gasteiger partial charge in [0.2, 0.25) is 0 Å². The fraction of sp³-hybridized carbons (Fsp3) is 0.467. The first-order valence-electron chi connectivity index (χ1n) is 6.82. The molecule has 0 aliphatic rings. The van der Waals surface area contributed by atoms with E-state index in [1.807, 2.05) is 23.6 Å². The smallest absolute Gasteiger partial charge is 0.304 e. The van der Waals surface area contributed by atoms with Crippen LogP contribution in [0.15, 0.2) is 28.1 Å². The summed E-state index contributed by atoms with van der Waals surface area (Å²) in [5.41, 5.74) is 0.691. The highest BCUT2D eigenvalue weighted by atomic mass is 32.1. The van der Waals surface area contributed by atoms with Gasteiger partial charge in [-0.15, -0.1) is 11.3 Å². The molecule has 0 atom stereocenters. The fourth-order valence-corrected chi connectivity index (χ4v) is 2.67. The first kappa shape index (κ1) is 15.7. The molecule has 0 aliphatic heterocycles. The van der Waals surface area contributed by atoms with Gasteiger partial charge in [-0.05, 0) is 32.2 Å². The average Bonchev–Trinajstić information content (AvgIpc) is 3.03. The third kappa shape index (κ3) is 4.41. The van der Waals surface area contributed by atoms with Crippen molar-refractivity contribution in [1.82, 2.24) is 10.1 Å². The maximum Gasteiger partial charge on any atom is 0.304 e. The summed E-state index contributed by atoms with van der Waals surface area (Å²) in [5.74, 6) is -0.0317. The van der Waals surface area contributed by atoms with Crippen LogP contribution in [-0.4, -0.2) is 33.2 Å². The van der Waals surface area contributed by atoms with Crippen molar-refractivity contribution < 1.29 is 14.4 Å². The molecule has 114 valence electrons. The minimum atomic E-state index is -0.788. The second-order valence-electron chi connectivity index (χ2n) is 5.90. The standard InChI is InChI=1S/C15H20N2O3S/c1-15(2,3)17(7-6-14(18)19)10-11-9-12(20-16-11)13-5-4-8-21-13/h4-5,8-9H,6-7,10H2,1-3H3,(H,18,19). The van der Waals surface area contributed by atoms with Gasteiger partial charge in [0.1, 0.15) is 0 Å². The summed E-state index contributed by atoms with van der Waals surface area (Å²) in [4.78, 5) is 13.9. The van der Waals surface area contributed by atoms with Crippen LogP contribution in [0.25, 0.3) is 10.6 Å². The van der Waals surface area contributed by atoms with Gasteiger partial charge in [-0.2, -0.15) is 0 Å². The Labute approximate surface area is 128 Å². The molecular weight excluding hydrogens is 288 g/mol. The molecule has 2 heterocycles. The largest absolute Gasteiger partial charge is 0.481 e. The van der Waals surface area contributed by atoms with Crippen LogP contribution in [0.1, 0.15) is 32.9 Å². The monoisotopic (exact) mass is 308 g/mol. The zero-order chi connectivity index (χ0) is 15.5. The van der Waals surface area contributed by atoms with E-state index in [-0.39, 0.29) is 12.0 Å². The lowest BCUT2D eigenvalue weighted by molar-refractivity contribution is -0.137. The summed E-state index contributed by atoms with van der Waals surface area (Å²) in [6.45, 7) is 7.25. The summed E-state index contributed by atoms with van der Waals surface area (Å²) in [6, 6.07) is 5.88. The Balaban J connectivity index is 2.08. The highest BCUT2D eigenvalue weighted by Gasteiger charge is 2.23. The van der Waals surface area contributed by atoms with Crippen molar-refractivity contribution in [1.29, 1.82) is 0 Å². The fourth-order valence-electron chi connectivity index (χ4n) is 2.00. The van der Waals surface area contributed by atoms with Gasteiger partial charge in [0.05, 0.1) is 17.0 Å². The van der Waals surface area contributed by atoms with Crippen LogP contribution in [-0.2, 0) is 11.3 Å². The zero-order valence-electron chi connectivity index (χ0n) is 12.5. The molecule has 6 heteroatoms. The number of rotatable bonds is 6. The van der Waals surface area contributed by atoms with E-state index in [0.29, 0.717) is 13.1 Å². The number of aliphatic carboxylic acids is 1. The molecule has 0 spiro atoms.